The van der Waals surface area contributed by atoms with Gasteiger partial charge in [0.05, 0.1) is 7.11 Å². The molecule has 1 saturated heterocycles. The van der Waals surface area contributed by atoms with Gasteiger partial charge in [0.25, 0.3) is 0 Å². The molecule has 1 heterocycles. The molecule has 20 heavy (non-hydrogen) atoms. The number of amides is 2. The van der Waals surface area contributed by atoms with Gasteiger partial charge in [0.1, 0.15) is 11.8 Å². The summed E-state index contributed by atoms with van der Waals surface area (Å²) in [6.07, 6.45) is 1.82. The topological polar surface area (TPSA) is 58.6 Å². The van der Waals surface area contributed by atoms with E-state index in [0.717, 1.165) is 17.7 Å². The lowest BCUT2D eigenvalue weighted by Gasteiger charge is -2.19. The summed E-state index contributed by atoms with van der Waals surface area (Å²) in [6, 6.07) is 7.46. The summed E-state index contributed by atoms with van der Waals surface area (Å²) in [7, 11) is 3.31. The summed E-state index contributed by atoms with van der Waals surface area (Å²) in [5, 5.41) is 2.89. The summed E-state index contributed by atoms with van der Waals surface area (Å²) < 4.78 is 5.16. The van der Waals surface area contributed by atoms with Gasteiger partial charge in [0.15, 0.2) is 0 Å². The average Bonchev–Trinajstić information content (AvgIpc) is 2.79. The second-order valence-corrected chi connectivity index (χ2v) is 4.95. The van der Waals surface area contributed by atoms with Crippen LogP contribution in [0.1, 0.15) is 18.4 Å². The third-order valence-electron chi connectivity index (χ3n) is 3.64. The van der Waals surface area contributed by atoms with Crippen LogP contribution in [0.2, 0.25) is 0 Å². The maximum atomic E-state index is 12.0. The van der Waals surface area contributed by atoms with Crippen LogP contribution in [0, 0.1) is 0 Å². The largest absolute Gasteiger partial charge is 0.497 e. The van der Waals surface area contributed by atoms with Crippen molar-refractivity contribution in [1.82, 2.24) is 10.2 Å². The van der Waals surface area contributed by atoms with E-state index in [1.165, 1.54) is 4.90 Å². The Balaban J connectivity index is 1.80. The maximum absolute atomic E-state index is 12.0. The molecule has 0 aromatic heterocycles. The quantitative estimate of drug-likeness (QED) is 0.872. The lowest BCUT2D eigenvalue weighted by atomic mass is 10.1. The first kappa shape index (κ1) is 14.4. The molecule has 5 heteroatoms. The van der Waals surface area contributed by atoms with E-state index >= 15 is 0 Å². The maximum Gasteiger partial charge on any atom is 0.242 e. The molecular weight excluding hydrogens is 256 g/mol. The van der Waals surface area contributed by atoms with Crippen molar-refractivity contribution < 1.29 is 14.3 Å². The number of rotatable bonds is 5. The number of likely N-dealkylation sites (tertiary alicyclic amines) is 1. The van der Waals surface area contributed by atoms with Crippen molar-refractivity contribution in [3.05, 3.63) is 29.8 Å². The summed E-state index contributed by atoms with van der Waals surface area (Å²) in [5.74, 6) is 0.786. The van der Waals surface area contributed by atoms with Crippen LogP contribution in [-0.2, 0) is 16.0 Å². The number of likely N-dealkylation sites (N-methyl/N-ethyl adjacent to an activating group) is 1. The van der Waals surface area contributed by atoms with E-state index in [2.05, 4.69) is 5.32 Å². The minimum atomic E-state index is -0.312. The van der Waals surface area contributed by atoms with Crippen molar-refractivity contribution in [3.63, 3.8) is 0 Å². The Hall–Kier alpha value is -2.04. The van der Waals surface area contributed by atoms with Gasteiger partial charge in [-0.3, -0.25) is 9.59 Å². The Morgan fingerprint density at radius 3 is 2.95 bits per heavy atom. The predicted molar refractivity (Wildman–Crippen MR) is 75.5 cm³/mol. The lowest BCUT2D eigenvalue weighted by Crippen LogP contribution is -2.43. The molecule has 1 fully saturated rings. The fraction of sp³-hybridized carbons (Fsp3) is 0.467. The summed E-state index contributed by atoms with van der Waals surface area (Å²) in [6.45, 7) is 0.560. The van der Waals surface area contributed by atoms with Crippen LogP contribution >= 0.6 is 0 Å². The number of ether oxygens (including phenoxy) is 1. The molecule has 0 radical (unpaired) electrons. The van der Waals surface area contributed by atoms with Gasteiger partial charge in [0.2, 0.25) is 11.8 Å². The normalized spacial score (nSPS) is 18.2. The zero-order valence-corrected chi connectivity index (χ0v) is 11.9. The number of hydrogen-bond donors (Lipinski definition) is 1. The van der Waals surface area contributed by atoms with Crippen LogP contribution in [0.25, 0.3) is 0 Å². The van der Waals surface area contributed by atoms with Crippen LogP contribution in [0.4, 0.5) is 0 Å². The second-order valence-electron chi connectivity index (χ2n) is 4.95. The zero-order chi connectivity index (χ0) is 14.5. The van der Waals surface area contributed by atoms with Crippen LogP contribution < -0.4 is 10.1 Å². The molecule has 1 atom stereocenters. The van der Waals surface area contributed by atoms with E-state index in [9.17, 15) is 9.59 Å². The summed E-state index contributed by atoms with van der Waals surface area (Å²) in [4.78, 5) is 24.9. The first-order valence-electron chi connectivity index (χ1n) is 6.78. The van der Waals surface area contributed by atoms with E-state index in [0.29, 0.717) is 19.4 Å². The van der Waals surface area contributed by atoms with Gasteiger partial charge in [-0.15, -0.1) is 0 Å². The molecule has 0 saturated carbocycles. The number of benzene rings is 1. The molecule has 0 bridgehead atoms. The minimum absolute atomic E-state index is 0.0398. The highest BCUT2D eigenvalue weighted by Crippen LogP contribution is 2.16. The number of carbonyl (C=O) groups is 2. The minimum Gasteiger partial charge on any atom is -0.497 e. The molecule has 0 aliphatic carbocycles. The molecule has 1 N–H and O–H groups in total. The van der Waals surface area contributed by atoms with E-state index in [4.69, 9.17) is 4.74 Å². The fourth-order valence-corrected chi connectivity index (χ4v) is 2.39. The smallest absolute Gasteiger partial charge is 0.242 e. The van der Waals surface area contributed by atoms with Gasteiger partial charge in [-0.1, -0.05) is 12.1 Å². The molecular formula is C15H20N2O3. The zero-order valence-electron chi connectivity index (χ0n) is 11.9. The molecule has 0 spiro atoms. The van der Waals surface area contributed by atoms with Crippen molar-refractivity contribution in [3.8, 4) is 5.75 Å². The van der Waals surface area contributed by atoms with E-state index in [-0.39, 0.29) is 17.9 Å². The van der Waals surface area contributed by atoms with Crippen LogP contribution in [-0.4, -0.2) is 43.5 Å². The Morgan fingerprint density at radius 1 is 1.50 bits per heavy atom. The molecule has 2 amide bonds. The van der Waals surface area contributed by atoms with E-state index in [1.807, 2.05) is 24.3 Å². The molecule has 108 valence electrons. The Bertz CT molecular complexity index is 502. The Morgan fingerprint density at radius 2 is 2.30 bits per heavy atom. The van der Waals surface area contributed by atoms with Gasteiger partial charge in [-0.2, -0.15) is 0 Å². The molecule has 1 unspecified atom stereocenters. The van der Waals surface area contributed by atoms with Crippen molar-refractivity contribution in [1.29, 1.82) is 0 Å². The lowest BCUT2D eigenvalue weighted by molar-refractivity contribution is -0.133. The van der Waals surface area contributed by atoms with E-state index < -0.39 is 0 Å². The highest BCUT2D eigenvalue weighted by atomic mass is 16.5. The van der Waals surface area contributed by atoms with Crippen LogP contribution in [0.3, 0.4) is 0 Å². The standard InChI is InChI=1S/C15H20N2O3/c1-17-13(6-7-14(17)18)15(19)16-9-8-11-4-3-5-12(10-11)20-2/h3-5,10,13H,6-9H2,1-2H3,(H,16,19). The van der Waals surface area contributed by atoms with Gasteiger partial charge in [-0.05, 0) is 30.5 Å². The molecule has 5 nitrogen and oxygen atoms in total. The highest BCUT2D eigenvalue weighted by Gasteiger charge is 2.32. The van der Waals surface area contributed by atoms with Crippen molar-refractivity contribution in [2.24, 2.45) is 0 Å². The predicted octanol–water partition coefficient (Wildman–Crippen LogP) is 0.975. The third kappa shape index (κ3) is 3.29. The van der Waals surface area contributed by atoms with Crippen molar-refractivity contribution in [2.45, 2.75) is 25.3 Å². The number of hydrogen-bond acceptors (Lipinski definition) is 3. The SMILES string of the molecule is COc1cccc(CCNC(=O)C2CCC(=O)N2C)c1. The van der Waals surface area contributed by atoms with E-state index in [1.54, 1.807) is 14.2 Å². The Kier molecular flexibility index (Phi) is 4.61. The van der Waals surface area contributed by atoms with Crippen LogP contribution in [0.5, 0.6) is 5.75 Å². The highest BCUT2D eigenvalue weighted by molar-refractivity contribution is 5.90. The van der Waals surface area contributed by atoms with Crippen molar-refractivity contribution >= 4 is 11.8 Å². The molecule has 1 aromatic rings. The first-order valence-corrected chi connectivity index (χ1v) is 6.78. The number of carbonyl (C=O) groups excluding carboxylic acids is 2. The molecule has 1 aromatic carbocycles. The first-order chi connectivity index (χ1) is 9.61. The monoisotopic (exact) mass is 276 g/mol. The number of nitrogens with one attached hydrogen (secondary N) is 1. The molecule has 1 aliphatic heterocycles. The molecule has 1 aliphatic rings. The average molecular weight is 276 g/mol. The van der Waals surface area contributed by atoms with Crippen molar-refractivity contribution in [2.75, 3.05) is 20.7 Å². The Labute approximate surface area is 118 Å². The summed E-state index contributed by atoms with van der Waals surface area (Å²) in [5.41, 5.74) is 1.11. The van der Waals surface area contributed by atoms with Gasteiger partial charge in [0, 0.05) is 20.0 Å². The number of nitrogens with zero attached hydrogens (tertiary/aromatic N) is 1. The third-order valence-corrected chi connectivity index (χ3v) is 3.64. The van der Waals surface area contributed by atoms with Gasteiger partial charge < -0.3 is 15.0 Å². The fourth-order valence-electron chi connectivity index (χ4n) is 2.39. The van der Waals surface area contributed by atoms with Crippen LogP contribution in [0.15, 0.2) is 24.3 Å². The van der Waals surface area contributed by atoms with Gasteiger partial charge in [-0.25, -0.2) is 0 Å². The molecule has 2 rings (SSSR count). The summed E-state index contributed by atoms with van der Waals surface area (Å²) >= 11 is 0. The second kappa shape index (κ2) is 6.41. The van der Waals surface area contributed by atoms with Gasteiger partial charge >= 0.3 is 0 Å². The number of methoxy groups -OCH3 is 1.